The van der Waals surface area contributed by atoms with Gasteiger partial charge in [0.15, 0.2) is 18.9 Å². The van der Waals surface area contributed by atoms with E-state index in [-0.39, 0.29) is 154 Å². The van der Waals surface area contributed by atoms with Crippen molar-refractivity contribution in [2.75, 3.05) is 119 Å². The van der Waals surface area contributed by atoms with Crippen molar-refractivity contribution in [3.05, 3.63) is 12.3 Å². The van der Waals surface area contributed by atoms with Crippen LogP contribution in [0.3, 0.4) is 0 Å². The smallest absolute Gasteiger partial charge is 0.247 e. The second-order valence-electron chi connectivity index (χ2n) is 24.1. The lowest BCUT2D eigenvalue weighted by atomic mass is 9.97. The first-order valence-corrected chi connectivity index (χ1v) is 33.7. The lowest BCUT2D eigenvalue weighted by Gasteiger charge is -2.42. The molecule has 3 aliphatic rings. The quantitative estimate of drug-likeness (QED) is 0.0153. The van der Waals surface area contributed by atoms with Crippen LogP contribution >= 0.6 is 0 Å². The van der Waals surface area contributed by atoms with Crippen molar-refractivity contribution < 1.29 is 132 Å². The van der Waals surface area contributed by atoms with E-state index in [1.54, 1.807) is 7.05 Å². The Labute approximate surface area is 575 Å². The Morgan fingerprint density at radius 1 is 0.394 bits per heavy atom. The molecule has 16 atom stereocenters. The van der Waals surface area contributed by atoms with E-state index in [2.05, 4.69) is 53.2 Å². The second-order valence-corrected chi connectivity index (χ2v) is 24.1. The molecule has 37 heteroatoms. The zero-order valence-electron chi connectivity index (χ0n) is 57.1. The maximum Gasteiger partial charge on any atom is 0.247 e. The fourth-order valence-electron chi connectivity index (χ4n) is 10.2. The van der Waals surface area contributed by atoms with Crippen LogP contribution in [-0.2, 0) is 85.8 Å². The molecule has 37 nitrogen and oxygen atoms in total. The first kappa shape index (κ1) is 87.3. The van der Waals surface area contributed by atoms with E-state index in [1.165, 1.54) is 33.1 Å². The number of ether oxygens (including phenoxy) is 9. The van der Waals surface area contributed by atoms with Gasteiger partial charge in [-0.2, -0.15) is 0 Å². The average molecular weight is 1430 g/mol. The van der Waals surface area contributed by atoms with Gasteiger partial charge in [0.1, 0.15) is 79.7 Å². The molecule has 0 radical (unpaired) electrons. The topological polar surface area (TPSA) is 539 Å². The fourth-order valence-corrected chi connectivity index (χ4v) is 10.2. The molecule has 11 unspecified atom stereocenters. The van der Waals surface area contributed by atoms with Crippen molar-refractivity contribution in [3.8, 4) is 0 Å². The summed E-state index contributed by atoms with van der Waals surface area (Å²) < 4.78 is 51.3. The van der Waals surface area contributed by atoms with Gasteiger partial charge in [0.05, 0.1) is 58.0 Å². The van der Waals surface area contributed by atoms with Crippen molar-refractivity contribution in [3.63, 3.8) is 0 Å². The number of unbranched alkanes of at least 4 members (excludes halogenated alkanes) is 3. The minimum atomic E-state index is -1.44. The summed E-state index contributed by atoms with van der Waals surface area (Å²) in [4.78, 5) is 110. The molecule has 0 spiro atoms. The van der Waals surface area contributed by atoms with E-state index in [9.17, 15) is 89.1 Å². The first-order chi connectivity index (χ1) is 47.4. The summed E-state index contributed by atoms with van der Waals surface area (Å²) in [6.07, 6.45) is -8.81. The molecule has 3 heterocycles. The molecule has 0 aromatic carbocycles. The van der Waals surface area contributed by atoms with Crippen LogP contribution in [0.1, 0.15) is 111 Å². The van der Waals surface area contributed by atoms with E-state index in [4.69, 9.17) is 42.6 Å². The number of hydrogen-bond donors (Lipinski definition) is 19. The first-order valence-electron chi connectivity index (χ1n) is 33.7. The van der Waals surface area contributed by atoms with E-state index < -0.39 is 141 Å². The fraction of sp³-hybridized carbons (Fsp3) is 0.823. The van der Waals surface area contributed by atoms with Gasteiger partial charge in [0, 0.05) is 118 Å². The zero-order valence-corrected chi connectivity index (χ0v) is 57.1. The van der Waals surface area contributed by atoms with Crippen molar-refractivity contribution in [2.45, 2.75) is 208 Å². The van der Waals surface area contributed by atoms with Crippen LogP contribution in [0.4, 0.5) is 0 Å². The standard InChI is InChI=1S/C62H110N10O27/c1-38(76)70-50-56(88)53(85)41(32-73)97-59(50)94-26-8-5-14-44(79)64-20-11-23-67-47(82)17-29-91-35-62(63-4,36-92-30-18-48(83)68-24-12-21-65-45(80)15-6-9-27-95-60-51(71-39(2)77)57(89)54(86)42(33-74)98-60)37-93-31-19-49(84)69-25-13-22-66-46(81)16-7-10-28-96-61-52(72-40(3)78)58(90)55(87)43(34-75)99-61/h17,29,41-43,50-61,63,73-75,85-90H,5-16,18-28,30-37H2,1-4H3,(H,64,79)(H,65,80)(H,66,81)(H,67,82)(H,68,83)(H,69,84)(H,70,76)(H,71,77)(H,72,78)/b29-17+/t41?,42?,43?,50?,51?,52?,53-,54-,55-,56?,57?,58?,59+,60+,61?,62?/m0/s1. The molecular weight excluding hydrogens is 1320 g/mol. The predicted octanol–water partition coefficient (Wildman–Crippen LogP) is -7.45. The van der Waals surface area contributed by atoms with Gasteiger partial charge in [-0.15, -0.1) is 0 Å². The minimum absolute atomic E-state index is 0.0109. The Balaban J connectivity index is 1.38. The van der Waals surface area contributed by atoms with Gasteiger partial charge in [-0.05, 0) is 64.8 Å². The van der Waals surface area contributed by atoms with Gasteiger partial charge in [-0.25, -0.2) is 0 Å². The van der Waals surface area contributed by atoms with Gasteiger partial charge < -0.3 is 142 Å². The number of carbonyl (C=O) groups excluding carboxylic acids is 9. The number of hydrogen-bond acceptors (Lipinski definition) is 28. The molecule has 99 heavy (non-hydrogen) atoms. The van der Waals surface area contributed by atoms with Gasteiger partial charge in [0.2, 0.25) is 53.2 Å². The Morgan fingerprint density at radius 2 is 0.697 bits per heavy atom. The van der Waals surface area contributed by atoms with Gasteiger partial charge in [0.25, 0.3) is 0 Å². The third kappa shape index (κ3) is 34.5. The molecule has 0 aromatic rings. The molecule has 3 saturated heterocycles. The lowest BCUT2D eigenvalue weighted by Crippen LogP contribution is -2.64. The van der Waals surface area contributed by atoms with Crippen LogP contribution in [0.5, 0.6) is 0 Å². The zero-order chi connectivity index (χ0) is 73.1. The number of aliphatic hydroxyl groups is 9. The van der Waals surface area contributed by atoms with Gasteiger partial charge >= 0.3 is 0 Å². The number of rotatable bonds is 51. The highest BCUT2D eigenvalue weighted by molar-refractivity contribution is 5.87. The Kier molecular flexibility index (Phi) is 43.7. The third-order valence-electron chi connectivity index (χ3n) is 15.9. The SMILES string of the molecule is CNC(CO/C=C/C(=O)NCCCNC(=O)CCCCO[C@@H]1OC(CO)[C@H](O)C(O)C1NC(C)=O)(COCCC(=O)NCCCNC(=O)CCCCOC1OC(CO)[C@H](O)C(O)C1NC(C)=O)COCCC(=O)NCCCNC(=O)CCCCO[C@@H]1OC(CO)[C@H](O)C(O)C1NC(C)=O. The van der Waals surface area contributed by atoms with Gasteiger partial charge in [-0.3, -0.25) is 43.2 Å². The molecule has 0 aromatic heterocycles. The minimum Gasteiger partial charge on any atom is -0.499 e. The van der Waals surface area contributed by atoms with Crippen molar-refractivity contribution >= 4 is 53.2 Å². The molecule has 3 rings (SSSR count). The molecule has 3 fully saturated rings. The molecule has 9 amide bonds. The van der Waals surface area contributed by atoms with E-state index in [0.29, 0.717) is 57.8 Å². The summed E-state index contributed by atoms with van der Waals surface area (Å²) in [5.41, 5.74) is -1.05. The molecule has 19 N–H and O–H groups in total. The maximum absolute atomic E-state index is 12.7. The number of aliphatic hydroxyl groups excluding tert-OH is 9. The number of carbonyl (C=O) groups is 9. The summed E-state index contributed by atoms with van der Waals surface area (Å²) in [7, 11) is 1.63. The van der Waals surface area contributed by atoms with E-state index in [0.717, 1.165) is 0 Å². The van der Waals surface area contributed by atoms with Crippen molar-refractivity contribution in [1.82, 2.24) is 53.2 Å². The highest BCUT2D eigenvalue weighted by atomic mass is 16.7. The molecule has 570 valence electrons. The van der Waals surface area contributed by atoms with Gasteiger partial charge in [-0.1, -0.05) is 0 Å². The molecule has 0 saturated carbocycles. The van der Waals surface area contributed by atoms with Crippen LogP contribution in [0.25, 0.3) is 0 Å². The highest BCUT2D eigenvalue weighted by Crippen LogP contribution is 2.26. The third-order valence-corrected chi connectivity index (χ3v) is 15.9. The van der Waals surface area contributed by atoms with Crippen LogP contribution in [0.2, 0.25) is 0 Å². The Bertz CT molecular complexity index is 2320. The van der Waals surface area contributed by atoms with Crippen LogP contribution in [-0.4, -0.2) is 316 Å². The molecule has 0 aliphatic carbocycles. The van der Waals surface area contributed by atoms with Crippen LogP contribution < -0.4 is 53.2 Å². The summed E-state index contributed by atoms with van der Waals surface area (Å²) in [6.45, 7) is 3.62. The normalized spacial score (nSPS) is 25.9. The van der Waals surface area contributed by atoms with Crippen LogP contribution in [0, 0.1) is 0 Å². The molecular formula is C62H110N10O27. The Morgan fingerprint density at radius 3 is 0.990 bits per heavy atom. The number of likely N-dealkylation sites (N-methyl/N-ethyl adjacent to an activating group) is 1. The van der Waals surface area contributed by atoms with Crippen molar-refractivity contribution in [1.29, 1.82) is 0 Å². The lowest BCUT2D eigenvalue weighted by molar-refractivity contribution is -0.270. The number of amides is 9. The predicted molar refractivity (Wildman–Crippen MR) is 345 cm³/mol. The highest BCUT2D eigenvalue weighted by Gasteiger charge is 2.48. The second kappa shape index (κ2) is 49.6. The Hall–Kier alpha value is -5.95. The van der Waals surface area contributed by atoms with E-state index in [1.807, 2.05) is 0 Å². The summed E-state index contributed by atoms with van der Waals surface area (Å²) >= 11 is 0. The van der Waals surface area contributed by atoms with Crippen LogP contribution in [0.15, 0.2) is 12.3 Å². The summed E-state index contributed by atoms with van der Waals surface area (Å²) in [6, 6.07) is -3.23. The maximum atomic E-state index is 12.7. The largest absolute Gasteiger partial charge is 0.499 e. The molecule has 0 bridgehead atoms. The number of nitrogens with one attached hydrogen (secondary N) is 10. The molecule has 3 aliphatic heterocycles. The summed E-state index contributed by atoms with van der Waals surface area (Å²) in [5.74, 6) is -3.25. The van der Waals surface area contributed by atoms with Crippen molar-refractivity contribution in [2.24, 2.45) is 0 Å². The summed E-state index contributed by atoms with van der Waals surface area (Å²) in [5, 5.41) is 118. The van der Waals surface area contributed by atoms with E-state index >= 15 is 0 Å². The monoisotopic (exact) mass is 1430 g/mol. The average Bonchev–Trinajstić information content (AvgIpc) is 0.824.